The third-order valence-electron chi connectivity index (χ3n) is 12.4. The molecule has 2 unspecified atom stereocenters. The molecule has 0 saturated heterocycles. The average Bonchev–Trinajstić information content (AvgIpc) is 3.27. The SMILES string of the molecule is CCCCCC/C=C\C/C=C\CCCCCCCCCC(=O)OCCCC/C=C\CCCCCCC(=O)NC(CO)C(O)CCCCCCCCCCCCCCCCCCC. The van der Waals surface area contributed by atoms with Crippen molar-refractivity contribution in [2.24, 2.45) is 0 Å². The van der Waals surface area contributed by atoms with E-state index in [-0.39, 0.29) is 18.5 Å². The van der Waals surface area contributed by atoms with Crippen LogP contribution in [0.2, 0.25) is 0 Å². The third kappa shape index (κ3) is 47.6. The Hall–Kier alpha value is -1.92. The minimum absolute atomic E-state index is 0.0437. The molecule has 2 atom stereocenters. The van der Waals surface area contributed by atoms with Crippen LogP contribution in [0.4, 0.5) is 0 Å². The number of unbranched alkanes of at least 4 members (excludes halogenated alkanes) is 33. The number of esters is 1. The summed E-state index contributed by atoms with van der Waals surface area (Å²) in [6, 6.07) is -0.568. The van der Waals surface area contributed by atoms with E-state index in [1.165, 1.54) is 167 Å². The van der Waals surface area contributed by atoms with Gasteiger partial charge in [0.15, 0.2) is 0 Å². The van der Waals surface area contributed by atoms with Crippen molar-refractivity contribution < 1.29 is 24.5 Å². The van der Waals surface area contributed by atoms with Gasteiger partial charge in [0, 0.05) is 12.8 Å². The molecule has 1 amide bonds. The summed E-state index contributed by atoms with van der Waals surface area (Å²) in [6.45, 7) is 4.85. The fourth-order valence-electron chi connectivity index (χ4n) is 8.19. The van der Waals surface area contributed by atoms with Crippen molar-refractivity contribution in [2.45, 2.75) is 296 Å². The van der Waals surface area contributed by atoms with E-state index >= 15 is 0 Å². The zero-order chi connectivity index (χ0) is 45.1. The van der Waals surface area contributed by atoms with Gasteiger partial charge in [-0.2, -0.15) is 0 Å². The number of carbonyl (C=O) groups excluding carboxylic acids is 2. The van der Waals surface area contributed by atoms with Crippen LogP contribution in [-0.2, 0) is 14.3 Å². The Morgan fingerprint density at radius 3 is 1.26 bits per heavy atom. The van der Waals surface area contributed by atoms with E-state index < -0.39 is 12.1 Å². The number of hydrogen-bond donors (Lipinski definition) is 3. The van der Waals surface area contributed by atoms with E-state index in [1.807, 2.05) is 0 Å². The Kier molecular flexibility index (Phi) is 50.1. The van der Waals surface area contributed by atoms with Gasteiger partial charge < -0.3 is 20.3 Å². The van der Waals surface area contributed by atoms with E-state index in [2.05, 4.69) is 55.6 Å². The summed E-state index contributed by atoms with van der Waals surface area (Å²) < 4.78 is 5.44. The highest BCUT2D eigenvalue weighted by Crippen LogP contribution is 2.16. The Bertz CT molecular complexity index is 1010. The zero-order valence-electron chi connectivity index (χ0n) is 41.4. The lowest BCUT2D eigenvalue weighted by molar-refractivity contribution is -0.143. The van der Waals surface area contributed by atoms with E-state index in [1.54, 1.807) is 0 Å². The van der Waals surface area contributed by atoms with Crippen LogP contribution in [0, 0.1) is 0 Å². The Morgan fingerprint density at radius 1 is 0.452 bits per heavy atom. The molecule has 0 saturated carbocycles. The molecule has 0 aromatic rings. The maximum Gasteiger partial charge on any atom is 0.305 e. The summed E-state index contributed by atoms with van der Waals surface area (Å²) in [5.74, 6) is -0.114. The molecule has 0 aromatic heterocycles. The topological polar surface area (TPSA) is 95.9 Å². The molecule has 62 heavy (non-hydrogen) atoms. The van der Waals surface area contributed by atoms with Gasteiger partial charge in [-0.25, -0.2) is 0 Å². The summed E-state index contributed by atoms with van der Waals surface area (Å²) in [4.78, 5) is 24.5. The number of rotatable bonds is 50. The highest BCUT2D eigenvalue weighted by molar-refractivity contribution is 5.76. The van der Waals surface area contributed by atoms with E-state index in [9.17, 15) is 19.8 Å². The molecular weight excluding hydrogens is 767 g/mol. The minimum atomic E-state index is -0.687. The van der Waals surface area contributed by atoms with Crippen molar-refractivity contribution in [2.75, 3.05) is 13.2 Å². The zero-order valence-corrected chi connectivity index (χ0v) is 41.4. The first-order chi connectivity index (χ1) is 30.5. The molecule has 0 bridgehead atoms. The van der Waals surface area contributed by atoms with E-state index in [4.69, 9.17) is 4.74 Å². The smallest absolute Gasteiger partial charge is 0.305 e. The largest absolute Gasteiger partial charge is 0.466 e. The molecule has 0 spiro atoms. The van der Waals surface area contributed by atoms with Gasteiger partial charge in [-0.15, -0.1) is 0 Å². The maximum absolute atomic E-state index is 12.5. The van der Waals surface area contributed by atoms with Crippen LogP contribution in [0.25, 0.3) is 0 Å². The second kappa shape index (κ2) is 51.7. The highest BCUT2D eigenvalue weighted by atomic mass is 16.5. The molecule has 6 heteroatoms. The number of hydrogen-bond acceptors (Lipinski definition) is 5. The van der Waals surface area contributed by atoms with Gasteiger partial charge in [0.2, 0.25) is 5.91 Å². The third-order valence-corrected chi connectivity index (χ3v) is 12.4. The Labute approximate surface area is 385 Å². The minimum Gasteiger partial charge on any atom is -0.466 e. The molecule has 6 nitrogen and oxygen atoms in total. The van der Waals surface area contributed by atoms with Crippen LogP contribution in [0.5, 0.6) is 0 Å². The fourth-order valence-corrected chi connectivity index (χ4v) is 8.19. The molecule has 0 radical (unpaired) electrons. The number of amides is 1. The van der Waals surface area contributed by atoms with Crippen LogP contribution in [0.15, 0.2) is 36.5 Å². The number of aliphatic hydroxyl groups excluding tert-OH is 2. The standard InChI is InChI=1S/C56H105NO5/c1-3-5-7-9-11-13-15-17-19-21-23-25-27-29-34-38-42-46-50-56(61)62-51-47-43-39-35-31-30-33-37-41-45-49-55(60)57-53(52-58)54(59)48-44-40-36-32-28-26-24-22-20-18-16-14-12-10-8-6-4-2/h13,15,19,21,31,35,53-54,58-59H,3-12,14,16-18,20,22-30,32-34,36-52H2,1-2H3,(H,57,60)/b15-13-,21-19-,35-31-. The second-order valence-electron chi connectivity index (χ2n) is 18.6. The molecular formula is C56H105NO5. The van der Waals surface area contributed by atoms with Crippen molar-refractivity contribution in [1.82, 2.24) is 5.32 Å². The molecule has 0 rings (SSSR count). The molecule has 0 heterocycles. The quantitative estimate of drug-likeness (QED) is 0.0321. The first kappa shape index (κ1) is 60.1. The highest BCUT2D eigenvalue weighted by Gasteiger charge is 2.20. The van der Waals surface area contributed by atoms with Crippen molar-refractivity contribution in [3.8, 4) is 0 Å². The van der Waals surface area contributed by atoms with Gasteiger partial charge in [0.1, 0.15) is 0 Å². The average molecular weight is 872 g/mol. The van der Waals surface area contributed by atoms with Crippen molar-refractivity contribution in [3.63, 3.8) is 0 Å². The normalized spacial score (nSPS) is 12.9. The molecule has 0 aliphatic heterocycles. The van der Waals surface area contributed by atoms with Gasteiger partial charge in [-0.05, 0) is 83.5 Å². The summed E-state index contributed by atoms with van der Waals surface area (Å²) in [7, 11) is 0. The van der Waals surface area contributed by atoms with Gasteiger partial charge in [0.05, 0.1) is 25.4 Å². The predicted molar refractivity (Wildman–Crippen MR) is 269 cm³/mol. The fraction of sp³-hybridized carbons (Fsp3) is 0.857. The molecule has 0 aliphatic rings. The summed E-state index contributed by atoms with van der Waals surface area (Å²) in [6.07, 6.45) is 62.6. The monoisotopic (exact) mass is 872 g/mol. The van der Waals surface area contributed by atoms with Gasteiger partial charge in [0.25, 0.3) is 0 Å². The number of ether oxygens (including phenoxy) is 1. The van der Waals surface area contributed by atoms with E-state index in [0.717, 1.165) is 83.5 Å². The lowest BCUT2D eigenvalue weighted by Gasteiger charge is -2.22. The van der Waals surface area contributed by atoms with Crippen molar-refractivity contribution in [1.29, 1.82) is 0 Å². The van der Waals surface area contributed by atoms with Crippen LogP contribution in [0.1, 0.15) is 284 Å². The number of aliphatic hydroxyl groups is 2. The van der Waals surface area contributed by atoms with Crippen LogP contribution in [0.3, 0.4) is 0 Å². The van der Waals surface area contributed by atoms with Crippen LogP contribution in [-0.4, -0.2) is 47.4 Å². The van der Waals surface area contributed by atoms with Crippen LogP contribution < -0.4 is 5.32 Å². The molecule has 364 valence electrons. The Balaban J connectivity index is 3.53. The summed E-state index contributed by atoms with van der Waals surface area (Å²) >= 11 is 0. The molecule has 0 fully saturated rings. The van der Waals surface area contributed by atoms with Gasteiger partial charge in [-0.3, -0.25) is 9.59 Å². The van der Waals surface area contributed by atoms with Crippen LogP contribution >= 0.6 is 0 Å². The molecule has 0 aromatic carbocycles. The molecule has 3 N–H and O–H groups in total. The Morgan fingerprint density at radius 2 is 0.806 bits per heavy atom. The maximum atomic E-state index is 12.5. The summed E-state index contributed by atoms with van der Waals surface area (Å²) in [5, 5.41) is 23.2. The second-order valence-corrected chi connectivity index (χ2v) is 18.6. The lowest BCUT2D eigenvalue weighted by atomic mass is 10.0. The van der Waals surface area contributed by atoms with Gasteiger partial charge in [-0.1, -0.05) is 224 Å². The first-order valence-electron chi connectivity index (χ1n) is 27.2. The lowest BCUT2D eigenvalue weighted by Crippen LogP contribution is -2.45. The van der Waals surface area contributed by atoms with Crippen molar-refractivity contribution in [3.05, 3.63) is 36.5 Å². The number of carbonyl (C=O) groups is 2. The predicted octanol–water partition coefficient (Wildman–Crippen LogP) is 16.5. The van der Waals surface area contributed by atoms with E-state index in [0.29, 0.717) is 25.9 Å². The molecule has 0 aliphatic carbocycles. The first-order valence-corrected chi connectivity index (χ1v) is 27.2. The number of allylic oxidation sites excluding steroid dienone is 6. The number of nitrogens with one attached hydrogen (secondary N) is 1. The van der Waals surface area contributed by atoms with Gasteiger partial charge >= 0.3 is 5.97 Å². The van der Waals surface area contributed by atoms with Crippen molar-refractivity contribution >= 4 is 11.9 Å². The summed E-state index contributed by atoms with van der Waals surface area (Å²) in [5.41, 5.74) is 0.